The Morgan fingerprint density at radius 3 is 2.93 bits per heavy atom. The number of methoxy groups -OCH3 is 1. The lowest BCUT2D eigenvalue weighted by Crippen LogP contribution is -2.53. The number of hydrogen-bond acceptors (Lipinski definition) is 4. The molecule has 1 aliphatic rings. The van der Waals surface area contributed by atoms with Gasteiger partial charge >= 0.3 is 12.0 Å². The Balaban J connectivity index is 1.92. The van der Waals surface area contributed by atoms with Crippen molar-refractivity contribution in [3.63, 3.8) is 0 Å². The molecular formula is C20H25ClN4O3. The summed E-state index contributed by atoms with van der Waals surface area (Å²) in [4.78, 5) is 34.7. The summed E-state index contributed by atoms with van der Waals surface area (Å²) in [6.45, 7) is 4.38. The van der Waals surface area contributed by atoms with Crippen molar-refractivity contribution in [3.05, 3.63) is 52.6 Å². The van der Waals surface area contributed by atoms with E-state index in [9.17, 15) is 9.59 Å². The van der Waals surface area contributed by atoms with Gasteiger partial charge in [0, 0.05) is 23.7 Å². The van der Waals surface area contributed by atoms with Crippen molar-refractivity contribution >= 4 is 23.6 Å². The van der Waals surface area contributed by atoms with Gasteiger partial charge in [-0.3, -0.25) is 0 Å². The number of aromatic amines is 1. The van der Waals surface area contributed by atoms with Crippen molar-refractivity contribution in [2.75, 3.05) is 13.7 Å². The Morgan fingerprint density at radius 2 is 2.25 bits per heavy atom. The molecule has 0 spiro atoms. The van der Waals surface area contributed by atoms with E-state index in [2.05, 4.69) is 15.3 Å². The number of aromatic nitrogens is 2. The predicted molar refractivity (Wildman–Crippen MR) is 106 cm³/mol. The van der Waals surface area contributed by atoms with Crippen LogP contribution in [0.3, 0.4) is 0 Å². The van der Waals surface area contributed by atoms with Gasteiger partial charge in [0.25, 0.3) is 0 Å². The van der Waals surface area contributed by atoms with Crippen LogP contribution in [0.1, 0.15) is 43.3 Å². The Kier molecular flexibility index (Phi) is 6.24. The van der Waals surface area contributed by atoms with Crippen LogP contribution in [0.5, 0.6) is 0 Å². The molecule has 1 aromatic heterocycles. The molecule has 3 rings (SSSR count). The Morgan fingerprint density at radius 1 is 1.46 bits per heavy atom. The first-order valence-corrected chi connectivity index (χ1v) is 9.76. The average molecular weight is 405 g/mol. The topological polar surface area (TPSA) is 87.3 Å². The third-order valence-corrected chi connectivity index (χ3v) is 5.53. The van der Waals surface area contributed by atoms with E-state index in [4.69, 9.17) is 16.3 Å². The van der Waals surface area contributed by atoms with Gasteiger partial charge in [0.1, 0.15) is 12.1 Å². The zero-order chi connectivity index (χ0) is 20.3. The number of imidazole rings is 1. The molecule has 1 aromatic carbocycles. The number of hydrogen-bond donors (Lipinski definition) is 2. The number of benzene rings is 1. The number of rotatable bonds is 5. The number of H-pyrrole nitrogens is 1. The van der Waals surface area contributed by atoms with Crippen molar-refractivity contribution in [1.29, 1.82) is 0 Å². The Hall–Kier alpha value is -2.54. The molecule has 150 valence electrons. The van der Waals surface area contributed by atoms with Crippen molar-refractivity contribution < 1.29 is 14.3 Å². The fourth-order valence-electron chi connectivity index (χ4n) is 3.52. The number of nitrogens with one attached hydrogen (secondary N) is 2. The smallest absolute Gasteiger partial charge is 0.328 e. The quantitative estimate of drug-likeness (QED) is 0.748. The lowest BCUT2D eigenvalue weighted by atomic mass is 9.95. The van der Waals surface area contributed by atoms with Crippen LogP contribution in [0.4, 0.5) is 4.79 Å². The summed E-state index contributed by atoms with van der Waals surface area (Å²) in [5, 5.41) is 3.46. The molecule has 0 saturated heterocycles. The lowest BCUT2D eigenvalue weighted by molar-refractivity contribution is -0.144. The van der Waals surface area contributed by atoms with Crippen molar-refractivity contribution in [2.24, 2.45) is 5.92 Å². The van der Waals surface area contributed by atoms with E-state index in [0.717, 1.165) is 23.4 Å². The molecule has 2 N–H and O–H groups in total. The average Bonchev–Trinajstić information content (AvgIpc) is 3.18. The molecule has 2 heterocycles. The van der Waals surface area contributed by atoms with Gasteiger partial charge < -0.3 is 19.9 Å². The summed E-state index contributed by atoms with van der Waals surface area (Å²) in [5.41, 5.74) is 2.66. The highest BCUT2D eigenvalue weighted by Crippen LogP contribution is 2.34. The van der Waals surface area contributed by atoms with Crippen LogP contribution in [0.15, 0.2) is 30.6 Å². The Labute approximate surface area is 169 Å². The van der Waals surface area contributed by atoms with Crippen LogP contribution < -0.4 is 5.32 Å². The van der Waals surface area contributed by atoms with Crippen molar-refractivity contribution in [1.82, 2.24) is 20.2 Å². The van der Waals surface area contributed by atoms with E-state index >= 15 is 0 Å². The van der Waals surface area contributed by atoms with Gasteiger partial charge in [-0.25, -0.2) is 14.6 Å². The standard InChI is InChI=1S/C20H25ClN4O3/c1-4-12(2)16(19(26)28-3)24-20(27)25-9-8-15-17(23-11-22-15)18(25)13-6-5-7-14(21)10-13/h5-7,10-12,16,18H,4,8-9H2,1-3H3,(H,22,23)(H,24,27)/t12-,16+,18-/m1/s1. The third kappa shape index (κ3) is 3.99. The summed E-state index contributed by atoms with van der Waals surface area (Å²) >= 11 is 6.19. The fraction of sp³-hybridized carbons (Fsp3) is 0.450. The molecule has 1 aliphatic heterocycles. The number of esters is 1. The number of fused-ring (bicyclic) bond motifs is 1. The van der Waals surface area contributed by atoms with Gasteiger partial charge in [-0.1, -0.05) is 44.0 Å². The molecule has 2 amide bonds. The van der Waals surface area contributed by atoms with E-state index in [1.165, 1.54) is 7.11 Å². The Bertz CT molecular complexity index is 853. The molecule has 0 aliphatic carbocycles. The molecule has 0 saturated carbocycles. The van der Waals surface area contributed by atoms with Crippen LogP contribution in [0.2, 0.25) is 5.02 Å². The first-order valence-electron chi connectivity index (χ1n) is 9.38. The molecule has 3 atom stereocenters. The van der Waals surface area contributed by atoms with Crippen LogP contribution in [0, 0.1) is 5.92 Å². The lowest BCUT2D eigenvalue weighted by Gasteiger charge is -2.36. The SMILES string of the molecule is CC[C@@H](C)[C@H](NC(=O)N1CCc2[nH]cnc2[C@H]1c1cccc(Cl)c1)C(=O)OC. The number of carbonyl (C=O) groups is 2. The molecule has 0 bridgehead atoms. The van der Waals surface area contributed by atoms with Gasteiger partial charge in [0.05, 0.1) is 19.1 Å². The minimum atomic E-state index is -0.705. The zero-order valence-electron chi connectivity index (χ0n) is 16.2. The van der Waals surface area contributed by atoms with Crippen molar-refractivity contribution in [2.45, 2.75) is 38.8 Å². The number of halogens is 1. The van der Waals surface area contributed by atoms with E-state index < -0.39 is 12.0 Å². The number of ether oxygens (including phenoxy) is 1. The van der Waals surface area contributed by atoms with Gasteiger partial charge in [-0.2, -0.15) is 0 Å². The molecular weight excluding hydrogens is 380 g/mol. The molecule has 2 aromatic rings. The summed E-state index contributed by atoms with van der Waals surface area (Å²) in [7, 11) is 1.33. The monoisotopic (exact) mass is 404 g/mol. The van der Waals surface area contributed by atoms with Crippen LogP contribution in [-0.4, -0.2) is 46.6 Å². The van der Waals surface area contributed by atoms with E-state index in [1.54, 1.807) is 17.3 Å². The van der Waals surface area contributed by atoms with Crippen LogP contribution in [0.25, 0.3) is 0 Å². The first kappa shape index (κ1) is 20.2. The van der Waals surface area contributed by atoms with E-state index in [0.29, 0.717) is 18.0 Å². The van der Waals surface area contributed by atoms with Crippen LogP contribution in [-0.2, 0) is 16.0 Å². The maximum Gasteiger partial charge on any atom is 0.328 e. The summed E-state index contributed by atoms with van der Waals surface area (Å²) in [5.74, 6) is -0.494. The molecule has 7 nitrogen and oxygen atoms in total. The highest BCUT2D eigenvalue weighted by Gasteiger charge is 2.36. The molecule has 0 unspecified atom stereocenters. The molecule has 28 heavy (non-hydrogen) atoms. The van der Waals surface area contributed by atoms with E-state index in [-0.39, 0.29) is 18.0 Å². The van der Waals surface area contributed by atoms with E-state index in [1.807, 2.05) is 32.0 Å². The summed E-state index contributed by atoms with van der Waals surface area (Å²) in [6.07, 6.45) is 3.04. The third-order valence-electron chi connectivity index (χ3n) is 5.30. The summed E-state index contributed by atoms with van der Waals surface area (Å²) < 4.78 is 4.89. The molecule has 0 radical (unpaired) electrons. The number of amides is 2. The summed E-state index contributed by atoms with van der Waals surface area (Å²) in [6, 6.07) is 5.99. The van der Waals surface area contributed by atoms with Gasteiger partial charge in [0.2, 0.25) is 0 Å². The highest BCUT2D eigenvalue weighted by atomic mass is 35.5. The predicted octanol–water partition coefficient (Wildman–Crippen LogP) is 3.31. The second kappa shape index (κ2) is 8.65. The van der Waals surface area contributed by atoms with Gasteiger partial charge in [-0.15, -0.1) is 0 Å². The molecule has 8 heteroatoms. The second-order valence-electron chi connectivity index (χ2n) is 7.00. The zero-order valence-corrected chi connectivity index (χ0v) is 17.0. The minimum Gasteiger partial charge on any atom is -0.467 e. The second-order valence-corrected chi connectivity index (χ2v) is 7.44. The largest absolute Gasteiger partial charge is 0.467 e. The number of urea groups is 1. The fourth-order valence-corrected chi connectivity index (χ4v) is 3.72. The van der Waals surface area contributed by atoms with Crippen molar-refractivity contribution in [3.8, 4) is 0 Å². The minimum absolute atomic E-state index is 0.0493. The number of nitrogens with zero attached hydrogens (tertiary/aromatic N) is 2. The van der Waals surface area contributed by atoms with Gasteiger partial charge in [-0.05, 0) is 23.6 Å². The highest BCUT2D eigenvalue weighted by molar-refractivity contribution is 6.30. The molecule has 0 fully saturated rings. The normalized spacial score (nSPS) is 18.1. The maximum atomic E-state index is 13.2. The maximum absolute atomic E-state index is 13.2. The van der Waals surface area contributed by atoms with Crippen LogP contribution >= 0.6 is 11.6 Å². The number of carbonyl (C=O) groups excluding carboxylic acids is 2. The van der Waals surface area contributed by atoms with Gasteiger partial charge in [0.15, 0.2) is 0 Å². The first-order chi connectivity index (χ1) is 13.5.